The predicted octanol–water partition coefficient (Wildman–Crippen LogP) is 2.85. The van der Waals surface area contributed by atoms with Crippen LogP contribution in [0, 0.1) is 18.3 Å². The summed E-state index contributed by atoms with van der Waals surface area (Å²) in [6.45, 7) is 16.0. The summed E-state index contributed by atoms with van der Waals surface area (Å²) in [5.41, 5.74) is 2.93. The third-order valence-electron chi connectivity index (χ3n) is 5.25. The van der Waals surface area contributed by atoms with Gasteiger partial charge in [-0.1, -0.05) is 13.8 Å². The van der Waals surface area contributed by atoms with Crippen molar-refractivity contribution in [3.05, 3.63) is 11.3 Å². The maximum absolute atomic E-state index is 5.98. The molecule has 3 rings (SSSR count). The van der Waals surface area contributed by atoms with Crippen molar-refractivity contribution in [2.75, 3.05) is 32.8 Å². The fraction of sp³-hybridized carbons (Fsp3) is 0.833. The summed E-state index contributed by atoms with van der Waals surface area (Å²) in [5.74, 6) is 1.56. The Morgan fingerprint density at radius 1 is 1.33 bits per heavy atom. The van der Waals surface area contributed by atoms with Crippen LogP contribution in [0.3, 0.4) is 0 Å². The molecule has 2 aliphatic rings. The third-order valence-corrected chi connectivity index (χ3v) is 5.25. The second-order valence-corrected chi connectivity index (χ2v) is 7.77. The molecule has 2 fully saturated rings. The Kier molecular flexibility index (Phi) is 6.57. The van der Waals surface area contributed by atoms with Gasteiger partial charge >= 0.3 is 0 Å². The van der Waals surface area contributed by atoms with Gasteiger partial charge < -0.3 is 10.1 Å². The van der Waals surface area contributed by atoms with E-state index in [9.17, 15) is 0 Å². The smallest absolute Gasteiger partial charge is 0.216 e. The molecule has 3 heterocycles. The van der Waals surface area contributed by atoms with Gasteiger partial charge in [-0.2, -0.15) is 5.10 Å². The molecule has 2 aliphatic heterocycles. The van der Waals surface area contributed by atoms with Crippen LogP contribution >= 0.6 is 12.4 Å². The highest BCUT2D eigenvalue weighted by atomic mass is 35.5. The van der Waals surface area contributed by atoms with Crippen LogP contribution in [-0.2, 0) is 13.1 Å². The van der Waals surface area contributed by atoms with Crippen molar-refractivity contribution in [1.29, 1.82) is 0 Å². The molecule has 0 radical (unpaired) electrons. The highest BCUT2D eigenvalue weighted by Crippen LogP contribution is 2.37. The van der Waals surface area contributed by atoms with Gasteiger partial charge in [0, 0.05) is 26.2 Å². The van der Waals surface area contributed by atoms with Crippen LogP contribution in [0.25, 0.3) is 0 Å². The lowest BCUT2D eigenvalue weighted by molar-refractivity contribution is 0.255. The largest absolute Gasteiger partial charge is 0.478 e. The highest BCUT2D eigenvalue weighted by molar-refractivity contribution is 5.85. The van der Waals surface area contributed by atoms with Gasteiger partial charge in [0.2, 0.25) is 5.88 Å². The molecule has 1 N–H and O–H groups in total. The van der Waals surface area contributed by atoms with Crippen molar-refractivity contribution in [2.24, 2.45) is 11.3 Å². The Hall–Kier alpha value is -0.780. The van der Waals surface area contributed by atoms with Gasteiger partial charge in [-0.15, -0.1) is 12.4 Å². The first-order valence-electron chi connectivity index (χ1n) is 9.15. The molecular weight excluding hydrogens is 324 g/mol. The maximum atomic E-state index is 5.98. The average molecular weight is 357 g/mol. The minimum absolute atomic E-state index is 0. The Labute approximate surface area is 152 Å². The number of hydrogen-bond donors (Lipinski definition) is 1. The lowest BCUT2D eigenvalue weighted by Gasteiger charge is -2.23. The molecule has 5 nitrogen and oxygen atoms in total. The predicted molar refractivity (Wildman–Crippen MR) is 100 cm³/mol. The summed E-state index contributed by atoms with van der Waals surface area (Å²) >= 11 is 0. The number of nitrogens with one attached hydrogen (secondary N) is 1. The van der Waals surface area contributed by atoms with Gasteiger partial charge in [-0.25, -0.2) is 4.68 Å². The molecule has 0 aliphatic carbocycles. The first-order chi connectivity index (χ1) is 11.0. The zero-order chi connectivity index (χ0) is 16.4. The molecule has 138 valence electrons. The monoisotopic (exact) mass is 356 g/mol. The molecule has 1 spiro atoms. The van der Waals surface area contributed by atoms with Crippen molar-refractivity contribution >= 4 is 12.4 Å². The molecule has 1 unspecified atom stereocenters. The lowest BCUT2D eigenvalue weighted by Crippen LogP contribution is -2.29. The van der Waals surface area contributed by atoms with E-state index in [-0.39, 0.29) is 12.4 Å². The molecule has 24 heavy (non-hydrogen) atoms. The molecular formula is C18H33ClN4O. The molecule has 1 atom stereocenters. The summed E-state index contributed by atoms with van der Waals surface area (Å²) in [7, 11) is 0. The minimum Gasteiger partial charge on any atom is -0.478 e. The zero-order valence-corrected chi connectivity index (χ0v) is 16.4. The fourth-order valence-electron chi connectivity index (χ4n) is 4.08. The van der Waals surface area contributed by atoms with Gasteiger partial charge in [0.25, 0.3) is 0 Å². The number of aromatic nitrogens is 2. The van der Waals surface area contributed by atoms with Crippen LogP contribution in [0.1, 0.15) is 44.9 Å². The zero-order valence-electron chi connectivity index (χ0n) is 15.6. The summed E-state index contributed by atoms with van der Waals surface area (Å²) in [4.78, 5) is 2.60. The van der Waals surface area contributed by atoms with Gasteiger partial charge in [-0.3, -0.25) is 4.90 Å². The van der Waals surface area contributed by atoms with Gasteiger partial charge in [0.15, 0.2) is 0 Å². The van der Waals surface area contributed by atoms with Gasteiger partial charge in [0.05, 0.1) is 17.9 Å². The van der Waals surface area contributed by atoms with E-state index in [4.69, 9.17) is 9.84 Å². The van der Waals surface area contributed by atoms with Crippen molar-refractivity contribution in [3.8, 4) is 5.88 Å². The molecule has 0 amide bonds. The van der Waals surface area contributed by atoms with Crippen molar-refractivity contribution in [3.63, 3.8) is 0 Å². The van der Waals surface area contributed by atoms with E-state index in [1.54, 1.807) is 0 Å². The Bertz CT molecular complexity index is 537. The molecule has 0 bridgehead atoms. The second-order valence-electron chi connectivity index (χ2n) is 7.77. The number of hydrogen-bond acceptors (Lipinski definition) is 4. The van der Waals surface area contributed by atoms with Crippen molar-refractivity contribution in [2.45, 2.75) is 53.6 Å². The van der Waals surface area contributed by atoms with Crippen molar-refractivity contribution < 1.29 is 4.74 Å². The Morgan fingerprint density at radius 3 is 2.75 bits per heavy atom. The van der Waals surface area contributed by atoms with Crippen molar-refractivity contribution in [1.82, 2.24) is 20.0 Å². The summed E-state index contributed by atoms with van der Waals surface area (Å²) in [5, 5.41) is 8.29. The van der Waals surface area contributed by atoms with Crippen LogP contribution in [0.2, 0.25) is 0 Å². The fourth-order valence-corrected chi connectivity index (χ4v) is 4.08. The van der Waals surface area contributed by atoms with Gasteiger partial charge in [0.1, 0.15) is 0 Å². The molecule has 2 saturated heterocycles. The minimum atomic E-state index is 0. The Balaban J connectivity index is 0.00000208. The number of nitrogens with zero attached hydrogens (tertiary/aromatic N) is 3. The number of halogens is 1. The summed E-state index contributed by atoms with van der Waals surface area (Å²) < 4.78 is 8.05. The SMILES string of the molecule is CCOc1c(CN2CCC3(CCNC3)C2)c(C)nn1CC(C)C.Cl. The highest BCUT2D eigenvalue weighted by Gasteiger charge is 2.40. The van der Waals surface area contributed by atoms with E-state index in [0.717, 1.165) is 24.7 Å². The van der Waals surface area contributed by atoms with E-state index < -0.39 is 0 Å². The normalized spacial score (nSPS) is 24.0. The van der Waals surface area contributed by atoms with E-state index in [1.165, 1.54) is 44.6 Å². The topological polar surface area (TPSA) is 42.3 Å². The molecule has 1 aromatic rings. The standard InChI is InChI=1S/C18H32N4O.ClH/c1-5-23-17-16(15(4)20-22(17)10-14(2)3)11-21-9-7-18(13-21)6-8-19-12-18;/h14,19H,5-13H2,1-4H3;1H. The van der Waals surface area contributed by atoms with Crippen LogP contribution in [0.4, 0.5) is 0 Å². The van der Waals surface area contributed by atoms with Crippen LogP contribution in [0.5, 0.6) is 5.88 Å². The summed E-state index contributed by atoms with van der Waals surface area (Å²) in [6, 6.07) is 0. The number of likely N-dealkylation sites (tertiary alicyclic amines) is 1. The van der Waals surface area contributed by atoms with Crippen LogP contribution in [-0.4, -0.2) is 47.5 Å². The molecule has 6 heteroatoms. The lowest BCUT2D eigenvalue weighted by atomic mass is 9.86. The van der Waals surface area contributed by atoms with E-state index >= 15 is 0 Å². The quantitative estimate of drug-likeness (QED) is 0.851. The van der Waals surface area contributed by atoms with Crippen LogP contribution in [0.15, 0.2) is 0 Å². The van der Waals surface area contributed by atoms with E-state index in [0.29, 0.717) is 17.9 Å². The Morgan fingerprint density at radius 2 is 2.12 bits per heavy atom. The average Bonchev–Trinajstić information content (AvgIpc) is 3.17. The number of rotatable bonds is 6. The van der Waals surface area contributed by atoms with E-state index in [2.05, 4.69) is 42.6 Å². The van der Waals surface area contributed by atoms with Crippen LogP contribution < -0.4 is 10.1 Å². The first-order valence-corrected chi connectivity index (χ1v) is 9.15. The summed E-state index contributed by atoms with van der Waals surface area (Å²) in [6.07, 6.45) is 2.65. The first kappa shape index (κ1) is 19.5. The molecule has 0 aromatic carbocycles. The molecule has 1 aromatic heterocycles. The number of ether oxygens (including phenoxy) is 1. The third kappa shape index (κ3) is 4.06. The van der Waals surface area contributed by atoms with Gasteiger partial charge in [-0.05, 0) is 51.1 Å². The molecule has 0 saturated carbocycles. The maximum Gasteiger partial charge on any atom is 0.216 e. The second kappa shape index (κ2) is 8.07. The number of aryl methyl sites for hydroxylation is 1. The van der Waals surface area contributed by atoms with E-state index in [1.807, 2.05) is 0 Å².